The monoisotopic (exact) mass is 210 g/mol. The van der Waals surface area contributed by atoms with Gasteiger partial charge in [-0.1, -0.05) is 6.92 Å². The van der Waals surface area contributed by atoms with Gasteiger partial charge in [0.15, 0.2) is 0 Å². The van der Waals surface area contributed by atoms with Crippen molar-refractivity contribution in [2.24, 2.45) is 5.92 Å². The summed E-state index contributed by atoms with van der Waals surface area (Å²) in [6.07, 6.45) is 3.91. The van der Waals surface area contributed by atoms with E-state index in [0.717, 1.165) is 37.4 Å². The molecule has 1 aliphatic rings. The van der Waals surface area contributed by atoms with Crippen LogP contribution in [0.4, 0.5) is 0 Å². The average Bonchev–Trinajstić information content (AvgIpc) is 2.71. The van der Waals surface area contributed by atoms with Gasteiger partial charge in [0.05, 0.1) is 11.8 Å². The van der Waals surface area contributed by atoms with Crippen molar-refractivity contribution >= 4 is 17.4 Å². The fraction of sp³-hybridized carbons (Fsp3) is 0.600. The van der Waals surface area contributed by atoms with Crippen molar-refractivity contribution in [2.75, 3.05) is 13.1 Å². The van der Waals surface area contributed by atoms with Gasteiger partial charge < -0.3 is 4.90 Å². The number of amides is 1. The number of carbonyl (C=O) groups is 1. The second-order valence-corrected chi connectivity index (χ2v) is 4.55. The minimum atomic E-state index is 0.144. The molecule has 1 saturated heterocycles. The maximum absolute atomic E-state index is 11.9. The molecule has 2 rings (SSSR count). The second kappa shape index (κ2) is 4.09. The molecule has 4 heteroatoms. The first-order valence-corrected chi connectivity index (χ1v) is 5.79. The SMILES string of the molecule is CC1CCN(C(=O)c2cnsc2)CC1. The minimum absolute atomic E-state index is 0.144. The van der Waals surface area contributed by atoms with Crippen LogP contribution in [0.1, 0.15) is 30.1 Å². The third-order valence-electron chi connectivity index (χ3n) is 2.75. The Hall–Kier alpha value is -0.900. The number of piperidine rings is 1. The lowest BCUT2D eigenvalue weighted by Crippen LogP contribution is -2.37. The van der Waals surface area contributed by atoms with E-state index < -0.39 is 0 Å². The lowest BCUT2D eigenvalue weighted by molar-refractivity contribution is 0.0697. The molecular weight excluding hydrogens is 196 g/mol. The lowest BCUT2D eigenvalue weighted by Gasteiger charge is -2.29. The number of likely N-dealkylation sites (tertiary alicyclic amines) is 1. The number of hydrogen-bond acceptors (Lipinski definition) is 3. The number of carbonyl (C=O) groups excluding carboxylic acids is 1. The molecule has 1 aliphatic heterocycles. The van der Waals surface area contributed by atoms with Gasteiger partial charge in [-0.15, -0.1) is 0 Å². The molecule has 14 heavy (non-hydrogen) atoms. The van der Waals surface area contributed by atoms with Gasteiger partial charge in [-0.05, 0) is 30.3 Å². The van der Waals surface area contributed by atoms with Gasteiger partial charge >= 0.3 is 0 Å². The van der Waals surface area contributed by atoms with Crippen LogP contribution in [0.25, 0.3) is 0 Å². The molecule has 2 heterocycles. The molecular formula is C10H14N2OS. The molecule has 0 unspecified atom stereocenters. The number of hydrogen-bond donors (Lipinski definition) is 0. The van der Waals surface area contributed by atoms with Gasteiger partial charge in [0.25, 0.3) is 5.91 Å². The van der Waals surface area contributed by atoms with Gasteiger partial charge in [0.2, 0.25) is 0 Å². The summed E-state index contributed by atoms with van der Waals surface area (Å²) < 4.78 is 3.95. The molecule has 0 bridgehead atoms. The Bertz CT molecular complexity index is 302. The largest absolute Gasteiger partial charge is 0.339 e. The van der Waals surface area contributed by atoms with Crippen LogP contribution in [-0.4, -0.2) is 28.3 Å². The lowest BCUT2D eigenvalue weighted by atomic mass is 9.99. The molecule has 0 radical (unpaired) electrons. The van der Waals surface area contributed by atoms with Gasteiger partial charge in [0, 0.05) is 18.5 Å². The fourth-order valence-electron chi connectivity index (χ4n) is 1.70. The van der Waals surface area contributed by atoms with Gasteiger partial charge in [-0.2, -0.15) is 0 Å². The van der Waals surface area contributed by atoms with E-state index in [0.29, 0.717) is 0 Å². The van der Waals surface area contributed by atoms with Crippen LogP contribution in [0.5, 0.6) is 0 Å². The predicted molar refractivity (Wildman–Crippen MR) is 56.4 cm³/mol. The molecule has 0 spiro atoms. The van der Waals surface area contributed by atoms with Crippen molar-refractivity contribution < 1.29 is 4.79 Å². The van der Waals surface area contributed by atoms with E-state index in [2.05, 4.69) is 11.3 Å². The van der Waals surface area contributed by atoms with Gasteiger partial charge in [-0.3, -0.25) is 4.79 Å². The summed E-state index contributed by atoms with van der Waals surface area (Å²) in [7, 11) is 0. The summed E-state index contributed by atoms with van der Waals surface area (Å²) in [4.78, 5) is 13.8. The molecule has 0 aromatic carbocycles. The minimum Gasteiger partial charge on any atom is -0.339 e. The van der Waals surface area contributed by atoms with E-state index in [1.54, 1.807) is 6.20 Å². The zero-order valence-corrected chi connectivity index (χ0v) is 9.09. The van der Waals surface area contributed by atoms with Crippen LogP contribution in [0.3, 0.4) is 0 Å². The maximum atomic E-state index is 11.9. The number of nitrogens with zero attached hydrogens (tertiary/aromatic N) is 2. The predicted octanol–water partition coefficient (Wildman–Crippen LogP) is 2.02. The summed E-state index contributed by atoms with van der Waals surface area (Å²) in [5.41, 5.74) is 0.740. The quantitative estimate of drug-likeness (QED) is 0.710. The van der Waals surface area contributed by atoms with Crippen molar-refractivity contribution in [3.63, 3.8) is 0 Å². The Morgan fingerprint density at radius 1 is 1.57 bits per heavy atom. The molecule has 3 nitrogen and oxygen atoms in total. The van der Waals surface area contributed by atoms with E-state index >= 15 is 0 Å². The highest BCUT2D eigenvalue weighted by molar-refractivity contribution is 7.03. The van der Waals surface area contributed by atoms with E-state index in [9.17, 15) is 4.79 Å². The van der Waals surface area contributed by atoms with Crippen LogP contribution in [0, 0.1) is 5.92 Å². The molecule has 1 aromatic rings. The van der Waals surface area contributed by atoms with Crippen LogP contribution < -0.4 is 0 Å². The first-order valence-electron chi connectivity index (χ1n) is 4.96. The first kappa shape index (κ1) is 9.65. The summed E-state index contributed by atoms with van der Waals surface area (Å²) in [6, 6.07) is 0. The maximum Gasteiger partial charge on any atom is 0.256 e. The summed E-state index contributed by atoms with van der Waals surface area (Å²) in [6.45, 7) is 4.04. The highest BCUT2D eigenvalue weighted by Crippen LogP contribution is 2.18. The van der Waals surface area contributed by atoms with Crippen molar-refractivity contribution in [3.8, 4) is 0 Å². The molecule has 0 N–H and O–H groups in total. The summed E-state index contributed by atoms with van der Waals surface area (Å²) in [5, 5.41) is 1.82. The fourth-order valence-corrected chi connectivity index (χ4v) is 2.22. The zero-order chi connectivity index (χ0) is 9.97. The number of rotatable bonds is 1. The topological polar surface area (TPSA) is 33.2 Å². The Kier molecular flexibility index (Phi) is 2.82. The number of aromatic nitrogens is 1. The van der Waals surface area contributed by atoms with Gasteiger partial charge in [0.1, 0.15) is 0 Å². The third-order valence-corrected chi connectivity index (χ3v) is 3.34. The second-order valence-electron chi connectivity index (χ2n) is 3.89. The van der Waals surface area contributed by atoms with Crippen molar-refractivity contribution in [1.82, 2.24) is 9.27 Å². The average molecular weight is 210 g/mol. The van der Waals surface area contributed by atoms with Crippen molar-refractivity contribution in [3.05, 3.63) is 17.1 Å². The summed E-state index contributed by atoms with van der Waals surface area (Å²) >= 11 is 1.33. The van der Waals surface area contributed by atoms with E-state index in [1.165, 1.54) is 11.5 Å². The molecule has 76 valence electrons. The van der Waals surface area contributed by atoms with E-state index in [-0.39, 0.29) is 5.91 Å². The standard InChI is InChI=1S/C10H14N2OS/c1-8-2-4-12(5-3-8)10(13)9-6-11-14-7-9/h6-8H,2-5H2,1H3. The smallest absolute Gasteiger partial charge is 0.256 e. The molecule has 1 aromatic heterocycles. The molecule has 0 atom stereocenters. The molecule has 0 aliphatic carbocycles. The molecule has 1 amide bonds. The van der Waals surface area contributed by atoms with Crippen molar-refractivity contribution in [2.45, 2.75) is 19.8 Å². The highest BCUT2D eigenvalue weighted by atomic mass is 32.1. The van der Waals surface area contributed by atoms with E-state index in [4.69, 9.17) is 0 Å². The van der Waals surface area contributed by atoms with Crippen molar-refractivity contribution in [1.29, 1.82) is 0 Å². The highest BCUT2D eigenvalue weighted by Gasteiger charge is 2.21. The first-order chi connectivity index (χ1) is 6.77. The van der Waals surface area contributed by atoms with E-state index in [1.807, 2.05) is 10.3 Å². The Labute approximate surface area is 87.9 Å². The van der Waals surface area contributed by atoms with Crippen LogP contribution in [0.2, 0.25) is 0 Å². The molecule has 1 fully saturated rings. The third kappa shape index (κ3) is 1.95. The Morgan fingerprint density at radius 3 is 2.86 bits per heavy atom. The van der Waals surface area contributed by atoms with Crippen LogP contribution in [-0.2, 0) is 0 Å². The van der Waals surface area contributed by atoms with Crippen LogP contribution >= 0.6 is 11.5 Å². The summed E-state index contributed by atoms with van der Waals surface area (Å²) in [5.74, 6) is 0.908. The Morgan fingerprint density at radius 2 is 2.29 bits per heavy atom. The van der Waals surface area contributed by atoms with Gasteiger partial charge in [-0.25, -0.2) is 4.37 Å². The van der Waals surface area contributed by atoms with Crippen LogP contribution in [0.15, 0.2) is 11.6 Å². The normalized spacial score (nSPS) is 18.5. The molecule has 0 saturated carbocycles. The Balaban J connectivity index is 1.99. The zero-order valence-electron chi connectivity index (χ0n) is 8.27.